The van der Waals surface area contributed by atoms with Crippen molar-refractivity contribution in [2.24, 2.45) is 0 Å². The zero-order valence-electron chi connectivity index (χ0n) is 12.7. The number of piperidine rings is 1. The van der Waals surface area contributed by atoms with Crippen molar-refractivity contribution in [3.05, 3.63) is 5.01 Å². The highest BCUT2D eigenvalue weighted by Gasteiger charge is 2.34. The Labute approximate surface area is 129 Å². The van der Waals surface area contributed by atoms with Gasteiger partial charge in [0.1, 0.15) is 5.01 Å². The minimum Gasteiger partial charge on any atom is -0.483 e. The van der Waals surface area contributed by atoms with E-state index < -0.39 is 0 Å². The van der Waals surface area contributed by atoms with Gasteiger partial charge in [-0.1, -0.05) is 25.2 Å². The lowest BCUT2D eigenvalue weighted by atomic mass is 9.97. The SMILES string of the molecule is CC(C)c1nnc(N[C@H]2CCCN3CCC[C@@H]23)s1.O=CO. The van der Waals surface area contributed by atoms with E-state index >= 15 is 0 Å². The number of hydrogen-bond donors (Lipinski definition) is 2. The minimum absolute atomic E-state index is 0.250. The van der Waals surface area contributed by atoms with E-state index in [1.54, 1.807) is 11.3 Å². The Bertz CT molecular complexity index is 452. The fraction of sp³-hybridized carbons (Fsp3) is 0.786. The van der Waals surface area contributed by atoms with Gasteiger partial charge < -0.3 is 10.4 Å². The van der Waals surface area contributed by atoms with Crippen LogP contribution in [0.4, 0.5) is 5.13 Å². The summed E-state index contributed by atoms with van der Waals surface area (Å²) in [5.41, 5.74) is 0. The Kier molecular flexibility index (Phi) is 5.93. The van der Waals surface area contributed by atoms with Crippen molar-refractivity contribution in [1.29, 1.82) is 0 Å². The third kappa shape index (κ3) is 4.14. The van der Waals surface area contributed by atoms with Gasteiger partial charge in [-0.15, -0.1) is 10.2 Å². The van der Waals surface area contributed by atoms with Crippen molar-refractivity contribution in [1.82, 2.24) is 15.1 Å². The van der Waals surface area contributed by atoms with Crippen LogP contribution in [0.3, 0.4) is 0 Å². The molecule has 2 aliphatic rings. The first kappa shape index (κ1) is 16.2. The number of nitrogens with zero attached hydrogens (tertiary/aromatic N) is 3. The van der Waals surface area contributed by atoms with E-state index in [0.29, 0.717) is 12.0 Å². The Balaban J connectivity index is 0.000000497. The third-order valence-electron chi connectivity index (χ3n) is 4.08. The summed E-state index contributed by atoms with van der Waals surface area (Å²) in [5.74, 6) is 0.479. The van der Waals surface area contributed by atoms with Crippen LogP contribution in [0.15, 0.2) is 0 Å². The zero-order chi connectivity index (χ0) is 15.2. The van der Waals surface area contributed by atoms with E-state index in [9.17, 15) is 0 Å². The molecule has 1 aromatic rings. The van der Waals surface area contributed by atoms with Gasteiger partial charge in [-0.3, -0.25) is 9.69 Å². The van der Waals surface area contributed by atoms with Crippen molar-refractivity contribution >= 4 is 22.9 Å². The first-order chi connectivity index (χ1) is 10.2. The summed E-state index contributed by atoms with van der Waals surface area (Å²) in [7, 11) is 0. The number of anilines is 1. The molecule has 0 spiro atoms. The van der Waals surface area contributed by atoms with Gasteiger partial charge in [0, 0.05) is 18.0 Å². The average molecular weight is 312 g/mol. The van der Waals surface area contributed by atoms with Crippen molar-refractivity contribution in [3.63, 3.8) is 0 Å². The highest BCUT2D eigenvalue weighted by Crippen LogP contribution is 2.30. The molecule has 3 rings (SSSR count). The first-order valence-electron chi connectivity index (χ1n) is 7.57. The standard InChI is InChI=1S/C13H22N4S.CH2O2/c1-9(2)12-15-16-13(18-12)14-10-5-3-7-17-8-4-6-11(10)17;2-1-3/h9-11H,3-8H2,1-2H3,(H,14,16);1H,(H,2,3)/t10-,11-;/m0./s1. The van der Waals surface area contributed by atoms with Crippen molar-refractivity contribution in [3.8, 4) is 0 Å². The summed E-state index contributed by atoms with van der Waals surface area (Å²) in [6, 6.07) is 1.30. The molecule has 0 radical (unpaired) electrons. The van der Waals surface area contributed by atoms with E-state index in [2.05, 4.69) is 34.3 Å². The summed E-state index contributed by atoms with van der Waals surface area (Å²) in [5, 5.41) is 21.2. The highest BCUT2D eigenvalue weighted by molar-refractivity contribution is 7.15. The van der Waals surface area contributed by atoms with Crippen LogP contribution in [0.5, 0.6) is 0 Å². The number of carbonyl (C=O) groups is 1. The Hall–Kier alpha value is -1.21. The molecule has 118 valence electrons. The van der Waals surface area contributed by atoms with Gasteiger partial charge in [-0.25, -0.2) is 0 Å². The molecule has 3 heterocycles. The van der Waals surface area contributed by atoms with E-state index in [0.717, 1.165) is 16.2 Å². The molecular formula is C14H24N4O2S. The van der Waals surface area contributed by atoms with E-state index in [-0.39, 0.29) is 6.47 Å². The van der Waals surface area contributed by atoms with Crippen LogP contribution in [0.2, 0.25) is 0 Å². The fourth-order valence-electron chi connectivity index (χ4n) is 3.15. The van der Waals surface area contributed by atoms with Crippen LogP contribution in [-0.4, -0.2) is 51.8 Å². The molecular weight excluding hydrogens is 288 g/mol. The second-order valence-corrected chi connectivity index (χ2v) is 6.85. The van der Waals surface area contributed by atoms with Gasteiger partial charge in [0.25, 0.3) is 6.47 Å². The van der Waals surface area contributed by atoms with Crippen LogP contribution >= 0.6 is 11.3 Å². The Morgan fingerprint density at radius 2 is 2.00 bits per heavy atom. The molecule has 0 unspecified atom stereocenters. The normalized spacial score (nSPS) is 25.1. The Morgan fingerprint density at radius 1 is 1.33 bits per heavy atom. The van der Waals surface area contributed by atoms with Gasteiger partial charge in [0.2, 0.25) is 5.13 Å². The smallest absolute Gasteiger partial charge is 0.290 e. The number of nitrogens with one attached hydrogen (secondary N) is 1. The maximum Gasteiger partial charge on any atom is 0.290 e. The molecule has 2 aliphatic heterocycles. The zero-order valence-corrected chi connectivity index (χ0v) is 13.5. The molecule has 1 aromatic heterocycles. The average Bonchev–Trinajstić information content (AvgIpc) is 3.08. The highest BCUT2D eigenvalue weighted by atomic mass is 32.1. The number of rotatable bonds is 3. The van der Waals surface area contributed by atoms with Gasteiger partial charge in [-0.2, -0.15) is 0 Å². The molecule has 0 amide bonds. The van der Waals surface area contributed by atoms with E-state index in [1.165, 1.54) is 38.8 Å². The number of carboxylic acid groups (broad SMARTS) is 1. The lowest BCUT2D eigenvalue weighted by Gasteiger charge is -2.36. The summed E-state index contributed by atoms with van der Waals surface area (Å²) < 4.78 is 0. The topological polar surface area (TPSA) is 78.4 Å². The summed E-state index contributed by atoms with van der Waals surface area (Å²) in [4.78, 5) is 11.0. The molecule has 0 aliphatic carbocycles. The van der Waals surface area contributed by atoms with Crippen LogP contribution in [0.1, 0.15) is 50.5 Å². The van der Waals surface area contributed by atoms with Crippen LogP contribution in [0.25, 0.3) is 0 Å². The molecule has 0 saturated carbocycles. The molecule has 7 heteroatoms. The van der Waals surface area contributed by atoms with E-state index in [4.69, 9.17) is 9.90 Å². The minimum atomic E-state index is -0.250. The van der Waals surface area contributed by atoms with Crippen molar-refractivity contribution < 1.29 is 9.90 Å². The molecule has 0 bridgehead atoms. The number of hydrogen-bond acceptors (Lipinski definition) is 6. The first-order valence-corrected chi connectivity index (χ1v) is 8.39. The lowest BCUT2D eigenvalue weighted by Crippen LogP contribution is -2.47. The largest absolute Gasteiger partial charge is 0.483 e. The second-order valence-electron chi connectivity index (χ2n) is 5.84. The molecule has 0 aromatic carbocycles. The number of fused-ring (bicyclic) bond motifs is 1. The van der Waals surface area contributed by atoms with Gasteiger partial charge in [0.15, 0.2) is 0 Å². The second kappa shape index (κ2) is 7.70. The van der Waals surface area contributed by atoms with Crippen molar-refractivity contribution in [2.45, 2.75) is 57.5 Å². The van der Waals surface area contributed by atoms with Crippen LogP contribution < -0.4 is 5.32 Å². The number of aromatic nitrogens is 2. The molecule has 2 fully saturated rings. The van der Waals surface area contributed by atoms with Crippen LogP contribution in [-0.2, 0) is 4.79 Å². The van der Waals surface area contributed by atoms with Gasteiger partial charge in [-0.05, 0) is 38.8 Å². The molecule has 2 saturated heterocycles. The molecule has 6 nitrogen and oxygen atoms in total. The Morgan fingerprint density at radius 3 is 2.62 bits per heavy atom. The quantitative estimate of drug-likeness (QED) is 0.835. The summed E-state index contributed by atoms with van der Waals surface area (Å²) in [6.45, 7) is 6.67. The van der Waals surface area contributed by atoms with E-state index in [1.807, 2.05) is 0 Å². The fourth-order valence-corrected chi connectivity index (χ4v) is 3.95. The van der Waals surface area contributed by atoms with Crippen LogP contribution in [0, 0.1) is 0 Å². The predicted octanol–water partition coefficient (Wildman–Crippen LogP) is 2.40. The summed E-state index contributed by atoms with van der Waals surface area (Å²) >= 11 is 1.72. The lowest BCUT2D eigenvalue weighted by molar-refractivity contribution is -0.122. The maximum atomic E-state index is 8.36. The third-order valence-corrected chi connectivity index (χ3v) is 5.24. The van der Waals surface area contributed by atoms with Crippen molar-refractivity contribution in [2.75, 3.05) is 18.4 Å². The monoisotopic (exact) mass is 312 g/mol. The predicted molar refractivity (Wildman–Crippen MR) is 83.9 cm³/mol. The molecule has 2 N–H and O–H groups in total. The summed E-state index contributed by atoms with van der Waals surface area (Å²) in [6.07, 6.45) is 5.28. The van der Waals surface area contributed by atoms with Gasteiger partial charge in [0.05, 0.1) is 0 Å². The molecule has 2 atom stereocenters. The maximum absolute atomic E-state index is 8.36. The van der Waals surface area contributed by atoms with Gasteiger partial charge >= 0.3 is 0 Å². The molecule has 21 heavy (non-hydrogen) atoms.